The lowest BCUT2D eigenvalue weighted by Gasteiger charge is -2.22. The van der Waals surface area contributed by atoms with E-state index in [1.165, 1.54) is 28.6 Å². The van der Waals surface area contributed by atoms with Gasteiger partial charge in [-0.15, -0.1) is 11.8 Å². The predicted molar refractivity (Wildman–Crippen MR) is 156 cm³/mol. The van der Waals surface area contributed by atoms with Gasteiger partial charge >= 0.3 is 0 Å². The summed E-state index contributed by atoms with van der Waals surface area (Å²) in [6.45, 7) is 12.4. The molecule has 1 aliphatic heterocycles. The number of nitrogens with one attached hydrogen (secondary N) is 1. The average Bonchev–Trinajstić information content (AvgIpc) is 3.05. The van der Waals surface area contributed by atoms with E-state index >= 15 is 0 Å². The predicted octanol–water partition coefficient (Wildman–Crippen LogP) is 7.38. The molecule has 0 spiro atoms. The van der Waals surface area contributed by atoms with E-state index in [0.717, 1.165) is 52.0 Å². The fraction of sp³-hybridized carbons (Fsp3) is 0.300. The molecule has 3 aromatic carbocycles. The maximum absolute atomic E-state index is 12.9. The van der Waals surface area contributed by atoms with Crippen LogP contribution in [-0.2, 0) is 4.79 Å². The molecular formula is C30H34N4OS. The van der Waals surface area contributed by atoms with E-state index in [1.54, 1.807) is 0 Å². The van der Waals surface area contributed by atoms with Crippen molar-refractivity contribution >= 4 is 51.2 Å². The van der Waals surface area contributed by atoms with Gasteiger partial charge in [-0.25, -0.2) is 4.99 Å². The van der Waals surface area contributed by atoms with E-state index in [-0.39, 0.29) is 11.7 Å². The number of aliphatic imine (C=N–C) groups is 2. The molecule has 0 atom stereocenters. The minimum absolute atomic E-state index is 0.0378. The molecular weight excluding hydrogens is 464 g/mol. The molecule has 1 amide bonds. The van der Waals surface area contributed by atoms with Crippen LogP contribution in [0.5, 0.6) is 0 Å². The molecule has 0 aromatic heterocycles. The Hall–Kier alpha value is -3.38. The highest BCUT2D eigenvalue weighted by molar-refractivity contribution is 8.14. The molecule has 5 nitrogen and oxygen atoms in total. The number of amides is 1. The summed E-state index contributed by atoms with van der Waals surface area (Å²) >= 11 is 1.48. The number of carbonyl (C=O) groups excluding carboxylic acids is 1. The smallest absolute Gasteiger partial charge is 0.234 e. The third-order valence-corrected chi connectivity index (χ3v) is 7.48. The van der Waals surface area contributed by atoms with Crippen LogP contribution in [0.4, 0.5) is 22.7 Å². The lowest BCUT2D eigenvalue weighted by molar-refractivity contribution is -0.113. The van der Waals surface area contributed by atoms with Gasteiger partial charge in [0.25, 0.3) is 0 Å². The van der Waals surface area contributed by atoms with Crippen molar-refractivity contribution in [2.45, 2.75) is 41.0 Å². The van der Waals surface area contributed by atoms with Crippen LogP contribution in [0.25, 0.3) is 0 Å². The Labute approximate surface area is 218 Å². The first-order valence-electron chi connectivity index (χ1n) is 12.5. The Morgan fingerprint density at radius 1 is 0.889 bits per heavy atom. The normalized spacial score (nSPS) is 12.8. The van der Waals surface area contributed by atoms with Crippen LogP contribution in [0.2, 0.25) is 0 Å². The van der Waals surface area contributed by atoms with Crippen molar-refractivity contribution in [3.63, 3.8) is 0 Å². The van der Waals surface area contributed by atoms with Gasteiger partial charge in [-0.2, -0.15) is 0 Å². The van der Waals surface area contributed by atoms with E-state index in [1.807, 2.05) is 31.2 Å². The highest BCUT2D eigenvalue weighted by Gasteiger charge is 2.18. The number of rotatable bonds is 7. The molecule has 1 N–H and O–H groups in total. The first-order chi connectivity index (χ1) is 17.4. The maximum atomic E-state index is 12.9. The van der Waals surface area contributed by atoms with Crippen LogP contribution in [0.3, 0.4) is 0 Å². The Bertz CT molecular complexity index is 1310. The first-order valence-corrected chi connectivity index (χ1v) is 13.5. The number of aryl methyl sites for hydroxylation is 3. The third-order valence-electron chi connectivity index (χ3n) is 6.50. The number of carbonyl (C=O) groups is 1. The van der Waals surface area contributed by atoms with Crippen LogP contribution in [0.1, 0.15) is 42.5 Å². The Morgan fingerprint density at radius 3 is 2.19 bits per heavy atom. The number of fused-ring (bicyclic) bond motifs is 1. The summed E-state index contributed by atoms with van der Waals surface area (Å²) in [5.41, 5.74) is 9.23. The van der Waals surface area contributed by atoms with Crippen molar-refractivity contribution in [1.82, 2.24) is 0 Å². The van der Waals surface area contributed by atoms with E-state index in [0.29, 0.717) is 6.42 Å². The van der Waals surface area contributed by atoms with Crippen molar-refractivity contribution in [2.24, 2.45) is 9.98 Å². The molecule has 0 unspecified atom stereocenters. The summed E-state index contributed by atoms with van der Waals surface area (Å²) in [5, 5.41) is 3.97. The third kappa shape index (κ3) is 6.05. The number of nitrogens with zero attached hydrogens (tertiary/aromatic N) is 3. The molecule has 3 aromatic rings. The number of thioether (sulfide) groups is 1. The van der Waals surface area contributed by atoms with Crippen LogP contribution in [0.15, 0.2) is 70.6 Å². The van der Waals surface area contributed by atoms with E-state index in [9.17, 15) is 4.79 Å². The second kappa shape index (κ2) is 11.6. The largest absolute Gasteiger partial charge is 0.372 e. The molecule has 36 heavy (non-hydrogen) atoms. The number of benzene rings is 3. The Balaban J connectivity index is 1.51. The molecule has 0 aliphatic carbocycles. The van der Waals surface area contributed by atoms with Crippen molar-refractivity contribution in [1.29, 1.82) is 0 Å². The standard InChI is InChI=1S/C30H34N4OS/c1-6-34(7-2)24-13-14-25(22(5)15-24)32-29(35)19-36-30-18-26(23-11-9-8-10-12-23)31-27-16-20(3)21(4)17-28(27)33-30/h8-17H,6-7,18-19H2,1-5H3,(H,32,35). The quantitative estimate of drug-likeness (QED) is 0.370. The van der Waals surface area contributed by atoms with Gasteiger partial charge in [0.1, 0.15) is 0 Å². The fourth-order valence-electron chi connectivity index (χ4n) is 4.26. The minimum Gasteiger partial charge on any atom is -0.372 e. The summed E-state index contributed by atoms with van der Waals surface area (Å²) in [6.07, 6.45) is 0.590. The highest BCUT2D eigenvalue weighted by Crippen LogP contribution is 2.36. The second-order valence-corrected chi connectivity index (χ2v) is 10.1. The monoisotopic (exact) mass is 498 g/mol. The maximum Gasteiger partial charge on any atom is 0.234 e. The summed E-state index contributed by atoms with van der Waals surface area (Å²) in [6, 6.07) is 20.6. The van der Waals surface area contributed by atoms with Crippen molar-refractivity contribution < 1.29 is 4.79 Å². The molecule has 0 fully saturated rings. The Kier molecular flexibility index (Phi) is 8.26. The zero-order chi connectivity index (χ0) is 25.7. The molecule has 6 heteroatoms. The van der Waals surface area contributed by atoms with Crippen LogP contribution < -0.4 is 10.2 Å². The van der Waals surface area contributed by atoms with Crippen molar-refractivity contribution in [2.75, 3.05) is 29.1 Å². The van der Waals surface area contributed by atoms with Crippen LogP contribution in [-0.4, -0.2) is 35.5 Å². The molecule has 0 bridgehead atoms. The zero-order valence-corrected chi connectivity index (χ0v) is 22.6. The summed E-state index contributed by atoms with van der Waals surface area (Å²) in [5.74, 6) is 0.252. The van der Waals surface area contributed by atoms with Gasteiger partial charge in [-0.3, -0.25) is 9.79 Å². The van der Waals surface area contributed by atoms with Crippen molar-refractivity contribution in [3.05, 3.63) is 82.9 Å². The van der Waals surface area contributed by atoms with E-state index in [4.69, 9.17) is 9.98 Å². The summed E-state index contributed by atoms with van der Waals surface area (Å²) in [7, 11) is 0. The number of hydrogen-bond donors (Lipinski definition) is 1. The summed E-state index contributed by atoms with van der Waals surface area (Å²) < 4.78 is 0. The summed E-state index contributed by atoms with van der Waals surface area (Å²) in [4.78, 5) is 25.1. The molecule has 0 saturated heterocycles. The van der Waals surface area contributed by atoms with Gasteiger partial charge < -0.3 is 10.2 Å². The molecule has 0 saturated carbocycles. The van der Waals surface area contributed by atoms with Gasteiger partial charge in [-0.05, 0) is 87.2 Å². The van der Waals surface area contributed by atoms with Crippen LogP contribution in [0, 0.1) is 20.8 Å². The molecule has 0 radical (unpaired) electrons. The van der Waals surface area contributed by atoms with Gasteiger partial charge in [0.15, 0.2) is 0 Å². The molecule has 1 heterocycles. The fourth-order valence-corrected chi connectivity index (χ4v) is 5.03. The van der Waals surface area contributed by atoms with E-state index in [2.05, 4.69) is 74.3 Å². The molecule has 1 aliphatic rings. The highest BCUT2D eigenvalue weighted by atomic mass is 32.2. The van der Waals surface area contributed by atoms with Crippen LogP contribution >= 0.6 is 11.8 Å². The number of anilines is 2. The molecule has 4 rings (SSSR count). The number of hydrogen-bond acceptors (Lipinski definition) is 5. The topological polar surface area (TPSA) is 57.1 Å². The van der Waals surface area contributed by atoms with E-state index < -0.39 is 0 Å². The second-order valence-electron chi connectivity index (χ2n) is 9.04. The lowest BCUT2D eigenvalue weighted by atomic mass is 10.1. The SMILES string of the molecule is CCN(CC)c1ccc(NC(=O)CSC2=Nc3cc(C)c(C)cc3N=C(c3ccccc3)C2)c(C)c1. The van der Waals surface area contributed by atoms with Gasteiger partial charge in [-0.1, -0.05) is 30.3 Å². The van der Waals surface area contributed by atoms with Gasteiger partial charge in [0.2, 0.25) is 5.91 Å². The zero-order valence-electron chi connectivity index (χ0n) is 21.8. The van der Waals surface area contributed by atoms with Gasteiger partial charge in [0, 0.05) is 30.9 Å². The average molecular weight is 499 g/mol. The Morgan fingerprint density at radius 2 is 1.56 bits per heavy atom. The minimum atomic E-state index is -0.0378. The molecule has 186 valence electrons. The lowest BCUT2D eigenvalue weighted by Crippen LogP contribution is -2.22. The van der Waals surface area contributed by atoms with Crippen molar-refractivity contribution in [3.8, 4) is 0 Å². The van der Waals surface area contributed by atoms with Gasteiger partial charge in [0.05, 0.1) is 27.9 Å². The first kappa shape index (κ1) is 25.7.